The lowest BCUT2D eigenvalue weighted by Crippen LogP contribution is -2.15. The first-order chi connectivity index (χ1) is 21.6. The molecule has 5 aromatic carbocycles. The van der Waals surface area contributed by atoms with Gasteiger partial charge in [0.15, 0.2) is 17.5 Å². The van der Waals surface area contributed by atoms with E-state index < -0.39 is 0 Å². The molecule has 2 heterocycles. The molecule has 4 nitrogen and oxygen atoms in total. The maximum absolute atomic E-state index is 5.00. The summed E-state index contributed by atoms with van der Waals surface area (Å²) in [5.74, 6) is 1.91. The Kier molecular flexibility index (Phi) is 7.70. The van der Waals surface area contributed by atoms with E-state index in [1.165, 1.54) is 16.7 Å². The van der Waals surface area contributed by atoms with Crippen LogP contribution in [0.3, 0.4) is 0 Å². The third-order valence-corrected chi connectivity index (χ3v) is 8.18. The lowest BCUT2D eigenvalue weighted by molar-refractivity contribution is 0.512. The first-order valence-electron chi connectivity index (χ1n) is 14.6. The van der Waals surface area contributed by atoms with Crippen LogP contribution in [0.25, 0.3) is 62.0 Å². The molecular formula is C39H29BrN4. The van der Waals surface area contributed by atoms with Crippen molar-refractivity contribution in [2.75, 3.05) is 13.6 Å². The van der Waals surface area contributed by atoms with E-state index in [9.17, 15) is 0 Å². The smallest absolute Gasteiger partial charge is 0.164 e. The highest BCUT2D eigenvalue weighted by Gasteiger charge is 2.15. The van der Waals surface area contributed by atoms with E-state index in [0.717, 1.165) is 44.4 Å². The Balaban J connectivity index is 1.27. The fourth-order valence-corrected chi connectivity index (χ4v) is 5.92. The van der Waals surface area contributed by atoms with Crippen LogP contribution in [0.2, 0.25) is 0 Å². The normalized spacial score (nSPS) is 12.7. The van der Waals surface area contributed by atoms with Crippen molar-refractivity contribution in [1.82, 2.24) is 19.9 Å². The average molecular weight is 634 g/mol. The molecule has 0 unspecified atom stereocenters. The van der Waals surface area contributed by atoms with Gasteiger partial charge in [-0.1, -0.05) is 131 Å². The molecular weight excluding hydrogens is 604 g/mol. The molecule has 0 radical (unpaired) electrons. The number of aromatic nitrogens is 3. The van der Waals surface area contributed by atoms with Crippen molar-refractivity contribution in [1.29, 1.82) is 0 Å². The Morgan fingerprint density at radius 3 is 1.57 bits per heavy atom. The molecule has 0 saturated heterocycles. The second-order valence-electron chi connectivity index (χ2n) is 10.9. The topological polar surface area (TPSA) is 41.9 Å². The van der Waals surface area contributed by atoms with Crippen LogP contribution in [0, 0.1) is 0 Å². The van der Waals surface area contributed by atoms with Gasteiger partial charge in [-0.05, 0) is 63.9 Å². The van der Waals surface area contributed by atoms with Gasteiger partial charge >= 0.3 is 0 Å². The van der Waals surface area contributed by atoms with Gasteiger partial charge in [0.2, 0.25) is 0 Å². The van der Waals surface area contributed by atoms with E-state index in [1.54, 1.807) is 0 Å². The summed E-state index contributed by atoms with van der Waals surface area (Å²) in [6, 6.07) is 44.0. The Morgan fingerprint density at radius 1 is 0.500 bits per heavy atom. The zero-order chi connectivity index (χ0) is 29.9. The Hall–Kier alpha value is -5.13. The number of nitrogens with zero attached hydrogens (tertiary/aromatic N) is 4. The first-order valence-corrected chi connectivity index (χ1v) is 15.4. The van der Waals surface area contributed by atoms with Crippen molar-refractivity contribution in [2.24, 2.45) is 0 Å². The SMILES string of the molecule is CN1C=CC=C(c2ccc(-c3cc(Br)cc(-c4nc(-c5ccccc5)nc(-c5ccc(-c6ccccc6)cc5)n4)c3)cc2)C1. The van der Waals surface area contributed by atoms with Gasteiger partial charge in [0, 0.05) is 34.8 Å². The van der Waals surface area contributed by atoms with Gasteiger partial charge in [-0.15, -0.1) is 0 Å². The number of hydrogen-bond acceptors (Lipinski definition) is 4. The van der Waals surface area contributed by atoms with Crippen molar-refractivity contribution < 1.29 is 0 Å². The van der Waals surface area contributed by atoms with Gasteiger partial charge in [0.1, 0.15) is 0 Å². The minimum Gasteiger partial charge on any atom is -0.376 e. The van der Waals surface area contributed by atoms with Crippen LogP contribution in [-0.4, -0.2) is 33.4 Å². The van der Waals surface area contributed by atoms with Gasteiger partial charge in [0.25, 0.3) is 0 Å². The van der Waals surface area contributed by atoms with Crippen LogP contribution in [0.5, 0.6) is 0 Å². The van der Waals surface area contributed by atoms with Crippen LogP contribution in [0.4, 0.5) is 0 Å². The van der Waals surface area contributed by atoms with E-state index in [2.05, 4.69) is 137 Å². The summed E-state index contributed by atoms with van der Waals surface area (Å²) in [4.78, 5) is 17.1. The summed E-state index contributed by atoms with van der Waals surface area (Å²) in [5.41, 5.74) is 9.88. The highest BCUT2D eigenvalue weighted by molar-refractivity contribution is 9.10. The Morgan fingerprint density at radius 2 is 0.955 bits per heavy atom. The van der Waals surface area contributed by atoms with Crippen molar-refractivity contribution in [3.63, 3.8) is 0 Å². The summed E-state index contributed by atoms with van der Waals surface area (Å²) < 4.78 is 0.964. The number of rotatable bonds is 6. The maximum Gasteiger partial charge on any atom is 0.164 e. The molecule has 0 spiro atoms. The summed E-state index contributed by atoms with van der Waals surface area (Å²) in [5, 5.41) is 0. The lowest BCUT2D eigenvalue weighted by atomic mass is 9.98. The van der Waals surface area contributed by atoms with Crippen LogP contribution >= 0.6 is 15.9 Å². The van der Waals surface area contributed by atoms with Gasteiger partial charge in [-0.25, -0.2) is 15.0 Å². The van der Waals surface area contributed by atoms with Gasteiger partial charge in [-0.3, -0.25) is 0 Å². The third-order valence-electron chi connectivity index (χ3n) is 7.72. The van der Waals surface area contributed by atoms with E-state index in [0.29, 0.717) is 17.5 Å². The Bertz CT molecular complexity index is 1980. The number of allylic oxidation sites excluding steroid dienone is 2. The molecule has 6 aromatic rings. The second kappa shape index (κ2) is 12.2. The van der Waals surface area contributed by atoms with Crippen LogP contribution in [-0.2, 0) is 0 Å². The van der Waals surface area contributed by atoms with Gasteiger partial charge in [-0.2, -0.15) is 0 Å². The number of hydrogen-bond donors (Lipinski definition) is 0. The van der Waals surface area contributed by atoms with Crippen LogP contribution in [0.15, 0.2) is 150 Å². The number of likely N-dealkylation sites (N-methyl/N-ethyl adjacent to an activating group) is 1. The molecule has 0 atom stereocenters. The molecule has 0 bridgehead atoms. The number of benzene rings is 5. The van der Waals surface area contributed by atoms with Gasteiger partial charge in [0.05, 0.1) is 0 Å². The summed E-state index contributed by atoms with van der Waals surface area (Å²) >= 11 is 3.75. The molecule has 44 heavy (non-hydrogen) atoms. The highest BCUT2D eigenvalue weighted by atomic mass is 79.9. The molecule has 7 rings (SSSR count). The molecule has 0 fully saturated rings. The largest absolute Gasteiger partial charge is 0.376 e. The highest BCUT2D eigenvalue weighted by Crippen LogP contribution is 2.32. The average Bonchev–Trinajstić information content (AvgIpc) is 3.09. The molecule has 1 aromatic heterocycles. The minimum atomic E-state index is 0.627. The summed E-state index contributed by atoms with van der Waals surface area (Å²) in [7, 11) is 2.09. The van der Waals surface area contributed by atoms with E-state index >= 15 is 0 Å². The molecule has 0 saturated carbocycles. The monoisotopic (exact) mass is 632 g/mol. The molecule has 0 N–H and O–H groups in total. The van der Waals surface area contributed by atoms with Crippen molar-refractivity contribution in [2.45, 2.75) is 0 Å². The molecule has 1 aliphatic rings. The number of halogens is 1. The second-order valence-corrected chi connectivity index (χ2v) is 11.8. The van der Waals surface area contributed by atoms with E-state index in [1.807, 2.05) is 36.4 Å². The molecule has 0 amide bonds. The fraction of sp³-hybridized carbons (Fsp3) is 0.0513. The summed E-state index contributed by atoms with van der Waals surface area (Å²) in [6.45, 7) is 0.900. The first kappa shape index (κ1) is 27.7. The molecule has 5 heteroatoms. The zero-order valence-corrected chi connectivity index (χ0v) is 25.8. The third kappa shape index (κ3) is 6.01. The lowest BCUT2D eigenvalue weighted by Gasteiger charge is -2.20. The Labute approximate surface area is 266 Å². The van der Waals surface area contributed by atoms with Crippen LogP contribution < -0.4 is 0 Å². The van der Waals surface area contributed by atoms with Gasteiger partial charge < -0.3 is 4.90 Å². The maximum atomic E-state index is 5.00. The summed E-state index contributed by atoms with van der Waals surface area (Å²) in [6.07, 6.45) is 6.37. The minimum absolute atomic E-state index is 0.627. The molecule has 212 valence electrons. The van der Waals surface area contributed by atoms with E-state index in [-0.39, 0.29) is 0 Å². The predicted molar refractivity (Wildman–Crippen MR) is 184 cm³/mol. The fourth-order valence-electron chi connectivity index (χ4n) is 5.42. The van der Waals surface area contributed by atoms with E-state index in [4.69, 9.17) is 15.0 Å². The van der Waals surface area contributed by atoms with Crippen molar-refractivity contribution in [3.05, 3.63) is 156 Å². The van der Waals surface area contributed by atoms with Crippen molar-refractivity contribution in [3.8, 4) is 56.4 Å². The quantitative estimate of drug-likeness (QED) is 0.183. The van der Waals surface area contributed by atoms with Crippen molar-refractivity contribution >= 4 is 21.5 Å². The standard InChI is InChI=1S/C39H29BrN4/c1-44-22-8-13-33(26-44)29-14-16-30(17-15-29)34-23-35(25-36(40)24-34)39-42-37(31-11-6-3-7-12-31)41-38(43-39)32-20-18-28(19-21-32)27-9-4-2-5-10-27/h2-25H,26H2,1H3. The molecule has 0 aliphatic carbocycles. The zero-order valence-electron chi connectivity index (χ0n) is 24.2. The predicted octanol–water partition coefficient (Wildman–Crippen LogP) is 9.81. The van der Waals surface area contributed by atoms with Crippen LogP contribution in [0.1, 0.15) is 5.56 Å². The molecule has 1 aliphatic heterocycles.